The van der Waals surface area contributed by atoms with Gasteiger partial charge in [0.25, 0.3) is 0 Å². The van der Waals surface area contributed by atoms with Crippen molar-refractivity contribution in [1.82, 2.24) is 9.97 Å². The van der Waals surface area contributed by atoms with Gasteiger partial charge in [0.15, 0.2) is 0 Å². The highest BCUT2D eigenvalue weighted by Crippen LogP contribution is 2.39. The maximum Gasteiger partial charge on any atom is 0.123 e. The van der Waals surface area contributed by atoms with Gasteiger partial charge in [0.05, 0.1) is 17.3 Å². The van der Waals surface area contributed by atoms with Crippen LogP contribution >= 0.6 is 0 Å². The van der Waals surface area contributed by atoms with Crippen molar-refractivity contribution in [2.75, 3.05) is 0 Å². The zero-order valence-electron chi connectivity index (χ0n) is 17.5. The molecule has 0 aliphatic heterocycles. The summed E-state index contributed by atoms with van der Waals surface area (Å²) in [6.45, 7) is 10.3. The third kappa shape index (κ3) is 4.27. The maximum atomic E-state index is 13.9. The van der Waals surface area contributed by atoms with Crippen molar-refractivity contribution in [2.24, 2.45) is 5.92 Å². The lowest BCUT2D eigenvalue weighted by Crippen LogP contribution is -2.42. The molecule has 2 aromatic heterocycles. The molecule has 1 unspecified atom stereocenters. The predicted molar refractivity (Wildman–Crippen MR) is 113 cm³/mol. The normalized spacial score (nSPS) is 14.6. The molecule has 3 aromatic rings. The van der Waals surface area contributed by atoms with E-state index in [0.29, 0.717) is 12.8 Å². The Bertz CT molecular complexity index is 927. The van der Waals surface area contributed by atoms with Crippen LogP contribution in [0.3, 0.4) is 0 Å². The Balaban J connectivity index is 1.81. The number of fused-ring (bicyclic) bond motifs is 1. The van der Waals surface area contributed by atoms with Gasteiger partial charge in [-0.1, -0.05) is 33.8 Å². The number of H-pyrrole nitrogens is 1. The third-order valence-electron chi connectivity index (χ3n) is 6.06. The highest BCUT2D eigenvalue weighted by atomic mass is 19.1. The van der Waals surface area contributed by atoms with Crippen LogP contribution in [-0.4, -0.2) is 20.7 Å². The van der Waals surface area contributed by atoms with E-state index in [-0.39, 0.29) is 17.2 Å². The van der Waals surface area contributed by atoms with E-state index >= 15 is 0 Å². The number of rotatable bonds is 7. The molecule has 0 spiro atoms. The van der Waals surface area contributed by atoms with Crippen LogP contribution in [0.15, 0.2) is 42.7 Å². The Morgan fingerprint density at radius 2 is 1.93 bits per heavy atom. The molecule has 4 heteroatoms. The zero-order chi connectivity index (χ0) is 20.5. The van der Waals surface area contributed by atoms with Crippen LogP contribution in [0, 0.1) is 18.7 Å². The smallest absolute Gasteiger partial charge is 0.123 e. The van der Waals surface area contributed by atoms with Crippen LogP contribution < -0.4 is 0 Å². The van der Waals surface area contributed by atoms with Crippen molar-refractivity contribution in [1.29, 1.82) is 0 Å². The van der Waals surface area contributed by atoms with Gasteiger partial charge >= 0.3 is 0 Å². The van der Waals surface area contributed by atoms with Crippen molar-refractivity contribution < 1.29 is 9.50 Å². The Hall–Kier alpha value is -2.20. The van der Waals surface area contributed by atoms with Gasteiger partial charge in [-0.25, -0.2) is 4.39 Å². The molecule has 3 nitrogen and oxygen atoms in total. The number of nitrogens with one attached hydrogen (secondary N) is 1. The first-order valence-electron chi connectivity index (χ1n) is 10.0. The summed E-state index contributed by atoms with van der Waals surface area (Å²) >= 11 is 0. The number of hydrogen-bond donors (Lipinski definition) is 2. The van der Waals surface area contributed by atoms with E-state index in [1.54, 1.807) is 12.3 Å². The molecule has 150 valence electrons. The van der Waals surface area contributed by atoms with Crippen LogP contribution in [-0.2, 0) is 11.8 Å². The second kappa shape index (κ2) is 7.67. The van der Waals surface area contributed by atoms with E-state index in [2.05, 4.69) is 43.7 Å². The van der Waals surface area contributed by atoms with Crippen molar-refractivity contribution in [2.45, 2.75) is 64.9 Å². The Morgan fingerprint density at radius 1 is 1.18 bits per heavy atom. The topological polar surface area (TPSA) is 48.9 Å². The molecule has 0 saturated heterocycles. The number of aliphatic hydroxyl groups is 1. The second-order valence-corrected chi connectivity index (χ2v) is 9.04. The lowest BCUT2D eigenvalue weighted by atomic mass is 9.69. The lowest BCUT2D eigenvalue weighted by Gasteiger charge is -2.40. The average Bonchev–Trinajstić information content (AvgIpc) is 3.04. The van der Waals surface area contributed by atoms with E-state index in [1.165, 1.54) is 6.07 Å². The Kier molecular flexibility index (Phi) is 5.62. The summed E-state index contributed by atoms with van der Waals surface area (Å²) in [4.78, 5) is 7.54. The fourth-order valence-corrected chi connectivity index (χ4v) is 4.28. The number of benzene rings is 1. The minimum absolute atomic E-state index is 0.0895. The summed E-state index contributed by atoms with van der Waals surface area (Å²) in [6.07, 6.45) is 5.57. The molecule has 1 aromatic carbocycles. The van der Waals surface area contributed by atoms with Crippen molar-refractivity contribution in [3.05, 3.63) is 65.4 Å². The molecule has 0 aliphatic carbocycles. The highest BCUT2D eigenvalue weighted by molar-refractivity contribution is 5.79. The van der Waals surface area contributed by atoms with Crippen molar-refractivity contribution >= 4 is 10.9 Å². The summed E-state index contributed by atoms with van der Waals surface area (Å²) in [6, 6.07) is 9.04. The number of nitrogens with zero attached hydrogens (tertiary/aromatic N) is 1. The Morgan fingerprint density at radius 3 is 2.61 bits per heavy atom. The quantitative estimate of drug-likeness (QED) is 0.551. The first kappa shape index (κ1) is 20.5. The monoisotopic (exact) mass is 382 g/mol. The molecule has 1 atom stereocenters. The largest absolute Gasteiger partial charge is 0.390 e. The molecule has 0 amide bonds. The van der Waals surface area contributed by atoms with Crippen LogP contribution in [0.25, 0.3) is 10.9 Å². The molecule has 2 heterocycles. The van der Waals surface area contributed by atoms with E-state index in [4.69, 9.17) is 0 Å². The van der Waals surface area contributed by atoms with Gasteiger partial charge in [-0.3, -0.25) is 4.98 Å². The number of halogens is 1. The van der Waals surface area contributed by atoms with Crippen LogP contribution in [0.4, 0.5) is 4.39 Å². The van der Waals surface area contributed by atoms with E-state index in [0.717, 1.165) is 34.1 Å². The average molecular weight is 383 g/mol. The van der Waals surface area contributed by atoms with Gasteiger partial charge in [-0.15, -0.1) is 0 Å². The van der Waals surface area contributed by atoms with E-state index in [1.807, 2.05) is 25.3 Å². The third-order valence-corrected chi connectivity index (χ3v) is 6.06. The summed E-state index contributed by atoms with van der Waals surface area (Å²) in [5, 5.41) is 12.7. The fourth-order valence-electron chi connectivity index (χ4n) is 4.28. The molecule has 0 radical (unpaired) electrons. The predicted octanol–water partition coefficient (Wildman–Crippen LogP) is 5.70. The number of aryl methyl sites for hydroxylation is 2. The molecule has 2 N–H and O–H groups in total. The van der Waals surface area contributed by atoms with E-state index in [9.17, 15) is 9.50 Å². The molecule has 0 saturated carbocycles. The van der Waals surface area contributed by atoms with E-state index < -0.39 is 5.60 Å². The number of aromatic amines is 1. The maximum absolute atomic E-state index is 13.9. The van der Waals surface area contributed by atoms with Crippen LogP contribution in [0.2, 0.25) is 0 Å². The summed E-state index contributed by atoms with van der Waals surface area (Å²) in [5.41, 5.74) is 2.94. The lowest BCUT2D eigenvalue weighted by molar-refractivity contribution is -0.0360. The molecular weight excluding hydrogens is 351 g/mol. The van der Waals surface area contributed by atoms with Gasteiger partial charge in [-0.05, 0) is 72.9 Å². The number of aromatic nitrogens is 2. The van der Waals surface area contributed by atoms with Crippen molar-refractivity contribution in [3.63, 3.8) is 0 Å². The summed E-state index contributed by atoms with van der Waals surface area (Å²) < 4.78 is 13.9. The molecule has 3 rings (SSSR count). The molecule has 0 fully saturated rings. The van der Waals surface area contributed by atoms with Gasteiger partial charge in [0.2, 0.25) is 0 Å². The Labute approximate surface area is 167 Å². The van der Waals surface area contributed by atoms with Gasteiger partial charge in [-0.2, -0.15) is 0 Å². The summed E-state index contributed by atoms with van der Waals surface area (Å²) in [5.74, 6) is -0.139. The van der Waals surface area contributed by atoms with Crippen LogP contribution in [0.1, 0.15) is 57.4 Å². The molecule has 0 aliphatic rings. The zero-order valence-corrected chi connectivity index (χ0v) is 17.5. The number of hydrogen-bond acceptors (Lipinski definition) is 2. The minimum atomic E-state index is -0.849. The second-order valence-electron chi connectivity index (χ2n) is 9.04. The number of pyridine rings is 1. The first-order valence-corrected chi connectivity index (χ1v) is 10.0. The van der Waals surface area contributed by atoms with Crippen molar-refractivity contribution in [3.8, 4) is 0 Å². The van der Waals surface area contributed by atoms with Crippen LogP contribution in [0.5, 0.6) is 0 Å². The molecular formula is C24H31FN2O. The van der Waals surface area contributed by atoms with Gasteiger partial charge < -0.3 is 10.1 Å². The van der Waals surface area contributed by atoms with Gasteiger partial charge in [0, 0.05) is 17.3 Å². The molecule has 0 bridgehead atoms. The highest BCUT2D eigenvalue weighted by Gasteiger charge is 2.38. The minimum Gasteiger partial charge on any atom is -0.390 e. The van der Waals surface area contributed by atoms with Gasteiger partial charge in [0.1, 0.15) is 5.82 Å². The first-order chi connectivity index (χ1) is 13.1. The standard InChI is InChI=1S/C24H31FN2O/c1-16(2)24(28,10-8-20-12-18-9-11-26-14-22(18)27-20)15-23(4,5)21-13-19(25)7-6-17(21)3/h6-7,9,11-14,16,27-28H,8,10,15H2,1-5H3. The molecule has 28 heavy (non-hydrogen) atoms. The SMILES string of the molecule is Cc1ccc(F)cc1C(C)(C)CC(O)(CCc1cc2ccncc2[nH]1)C(C)C. The summed E-state index contributed by atoms with van der Waals surface area (Å²) in [7, 11) is 0. The fraction of sp³-hybridized carbons (Fsp3) is 0.458.